The van der Waals surface area contributed by atoms with Crippen LogP contribution in [-0.2, 0) is 27.7 Å². The quantitative estimate of drug-likeness (QED) is 0.568. The monoisotopic (exact) mass is 243 g/mol. The summed E-state index contributed by atoms with van der Waals surface area (Å²) in [5.74, 6) is 0. The molecule has 1 nitrogen and oxygen atoms in total. The van der Waals surface area contributed by atoms with E-state index in [1.165, 1.54) is 6.92 Å². The fraction of sp³-hybridized carbons (Fsp3) is 0.500. The first-order chi connectivity index (χ1) is 1.41. The van der Waals surface area contributed by atoms with Gasteiger partial charge in [-0.05, 0) is 0 Å². The summed E-state index contributed by atoms with van der Waals surface area (Å²) < 4.78 is 0. The Balaban J connectivity index is 0. The van der Waals surface area contributed by atoms with Crippen molar-refractivity contribution in [3.8, 4) is 6.07 Å². The summed E-state index contributed by atoms with van der Waals surface area (Å²) in [7, 11) is 0. The molecule has 18 valence electrons. The molecule has 0 fully saturated rings. The van der Waals surface area contributed by atoms with Crippen LogP contribution >= 0.6 is 0 Å². The Labute approximate surface area is 46.1 Å². The van der Waals surface area contributed by atoms with Gasteiger partial charge in [0, 0.05) is 34.6 Å². The number of nitrogens with zero attached hydrogens (tertiary/aromatic N) is 1. The zero-order valence-corrected chi connectivity index (χ0v) is 8.15. The van der Waals surface area contributed by atoms with Crippen LogP contribution in [0.5, 0.6) is 0 Å². The normalized spacial score (nSPS) is 2.00. The molecular formula is C2H3HgN. The van der Waals surface area contributed by atoms with Crippen molar-refractivity contribution in [1.29, 1.82) is 5.26 Å². The third-order valence-corrected chi connectivity index (χ3v) is 0. The maximum Gasteiger partial charge on any atom is 0.0587 e. The first-order valence-corrected chi connectivity index (χ1v) is 0.724. The SMILES string of the molecule is CC#N.[Hg]. The van der Waals surface area contributed by atoms with Crippen LogP contribution in [-0.4, -0.2) is 0 Å². The van der Waals surface area contributed by atoms with Crippen LogP contribution in [0.15, 0.2) is 0 Å². The summed E-state index contributed by atoms with van der Waals surface area (Å²) in [5, 5.41) is 7.32. The van der Waals surface area contributed by atoms with Crippen molar-refractivity contribution >= 4 is 0 Å². The topological polar surface area (TPSA) is 23.8 Å². The van der Waals surface area contributed by atoms with Gasteiger partial charge < -0.3 is 0 Å². The van der Waals surface area contributed by atoms with Crippen LogP contribution in [0.3, 0.4) is 0 Å². The molecule has 0 bridgehead atoms. The van der Waals surface area contributed by atoms with Gasteiger partial charge in [-0.2, -0.15) is 5.26 Å². The largest absolute Gasteiger partial charge is 0.199 e. The predicted molar refractivity (Wildman–Crippen MR) is 11.3 cm³/mol. The van der Waals surface area contributed by atoms with Crippen molar-refractivity contribution in [2.24, 2.45) is 0 Å². The van der Waals surface area contributed by atoms with Crippen molar-refractivity contribution in [3.63, 3.8) is 0 Å². The van der Waals surface area contributed by atoms with E-state index in [1.807, 2.05) is 0 Å². The number of hydrogen-bond donors (Lipinski definition) is 0. The minimum atomic E-state index is 0. The van der Waals surface area contributed by atoms with Crippen molar-refractivity contribution in [1.82, 2.24) is 0 Å². The fourth-order valence-electron chi connectivity index (χ4n) is 0. The molecule has 0 spiro atoms. The molecule has 0 radical (unpaired) electrons. The van der Waals surface area contributed by atoms with Crippen molar-refractivity contribution in [2.45, 2.75) is 6.92 Å². The first kappa shape index (κ1) is 8.83. The van der Waals surface area contributed by atoms with E-state index in [0.29, 0.717) is 0 Å². The Kier molecular flexibility index (Phi) is 21.9. The summed E-state index contributed by atoms with van der Waals surface area (Å²) in [6, 6.07) is 1.75. The molecule has 0 aliphatic heterocycles. The maximum absolute atomic E-state index is 7.32. The van der Waals surface area contributed by atoms with E-state index in [4.69, 9.17) is 5.26 Å². The molecule has 0 aromatic rings. The van der Waals surface area contributed by atoms with Crippen LogP contribution < -0.4 is 0 Å². The Bertz CT molecular complexity index is 27.5. The van der Waals surface area contributed by atoms with Gasteiger partial charge in [-0.15, -0.1) is 0 Å². The molecule has 0 unspecified atom stereocenters. The molecule has 0 aliphatic rings. The molecule has 0 saturated carbocycles. The molecule has 0 aromatic carbocycles. The third kappa shape index (κ3) is 27.3. The second-order valence-electron chi connectivity index (χ2n) is 0.224. The molecule has 0 atom stereocenters. The predicted octanol–water partition coefficient (Wildman–Crippen LogP) is 0.527. The molecule has 4 heavy (non-hydrogen) atoms. The van der Waals surface area contributed by atoms with Crippen molar-refractivity contribution in [3.05, 3.63) is 0 Å². The van der Waals surface area contributed by atoms with Crippen LogP contribution in [0.4, 0.5) is 0 Å². The van der Waals surface area contributed by atoms with E-state index < -0.39 is 0 Å². The van der Waals surface area contributed by atoms with E-state index in [2.05, 4.69) is 0 Å². The minimum absolute atomic E-state index is 0. The third-order valence-electron chi connectivity index (χ3n) is 0. The van der Waals surface area contributed by atoms with Crippen LogP contribution in [0.2, 0.25) is 0 Å². The van der Waals surface area contributed by atoms with Gasteiger partial charge in [-0.1, -0.05) is 0 Å². The summed E-state index contributed by atoms with van der Waals surface area (Å²) in [6.07, 6.45) is 0. The van der Waals surface area contributed by atoms with Crippen molar-refractivity contribution < 1.29 is 27.7 Å². The van der Waals surface area contributed by atoms with Gasteiger partial charge in [0.2, 0.25) is 0 Å². The van der Waals surface area contributed by atoms with E-state index in [-0.39, 0.29) is 27.7 Å². The molecule has 0 heterocycles. The summed E-state index contributed by atoms with van der Waals surface area (Å²) >= 11 is 0. The number of hydrogen-bond acceptors (Lipinski definition) is 1. The van der Waals surface area contributed by atoms with Gasteiger partial charge in [0.1, 0.15) is 0 Å². The Morgan fingerprint density at radius 3 is 1.75 bits per heavy atom. The molecular weight excluding hydrogens is 239 g/mol. The first-order valence-electron chi connectivity index (χ1n) is 0.724. The Morgan fingerprint density at radius 1 is 1.75 bits per heavy atom. The number of rotatable bonds is 0. The summed E-state index contributed by atoms with van der Waals surface area (Å²) in [5.41, 5.74) is 0. The number of nitriles is 1. The maximum atomic E-state index is 7.32. The van der Waals surface area contributed by atoms with E-state index in [1.54, 1.807) is 6.07 Å². The van der Waals surface area contributed by atoms with Crippen molar-refractivity contribution in [2.75, 3.05) is 0 Å². The average Bonchev–Trinajstić information content (AvgIpc) is 0.918. The van der Waals surface area contributed by atoms with Gasteiger partial charge in [0.15, 0.2) is 0 Å². The minimum Gasteiger partial charge on any atom is -0.199 e. The van der Waals surface area contributed by atoms with E-state index in [0.717, 1.165) is 0 Å². The average molecular weight is 242 g/mol. The molecule has 0 saturated heterocycles. The zero-order valence-electron chi connectivity index (χ0n) is 2.65. The second-order valence-corrected chi connectivity index (χ2v) is 0.224. The molecule has 2 heteroatoms. The van der Waals surface area contributed by atoms with Gasteiger partial charge in [-0.3, -0.25) is 0 Å². The van der Waals surface area contributed by atoms with E-state index in [9.17, 15) is 0 Å². The van der Waals surface area contributed by atoms with Gasteiger partial charge in [-0.25, -0.2) is 0 Å². The molecule has 0 rings (SSSR count). The van der Waals surface area contributed by atoms with Gasteiger partial charge in [0.25, 0.3) is 0 Å². The fourth-order valence-corrected chi connectivity index (χ4v) is 0. The summed E-state index contributed by atoms with van der Waals surface area (Å²) in [4.78, 5) is 0. The van der Waals surface area contributed by atoms with Crippen LogP contribution in [0, 0.1) is 11.3 Å². The molecule has 0 aliphatic carbocycles. The zero-order chi connectivity index (χ0) is 2.71. The second kappa shape index (κ2) is 9.92. The van der Waals surface area contributed by atoms with E-state index >= 15 is 0 Å². The molecule has 0 aromatic heterocycles. The van der Waals surface area contributed by atoms with Gasteiger partial charge in [0.05, 0.1) is 6.07 Å². The standard InChI is InChI=1S/C2H3N.Hg/c1-2-3;/h1H3;. The van der Waals surface area contributed by atoms with Crippen LogP contribution in [0.1, 0.15) is 6.92 Å². The Hall–Kier alpha value is 0.425. The van der Waals surface area contributed by atoms with Crippen LogP contribution in [0.25, 0.3) is 0 Å². The smallest absolute Gasteiger partial charge is 0.0587 e. The molecule has 0 amide bonds. The van der Waals surface area contributed by atoms with Gasteiger partial charge >= 0.3 is 0 Å². The molecule has 0 N–H and O–H groups in total. The Morgan fingerprint density at radius 2 is 1.75 bits per heavy atom. The summed E-state index contributed by atoms with van der Waals surface area (Å²) in [6.45, 7) is 1.43.